The molecule has 0 aromatic heterocycles. The second-order valence-corrected chi connectivity index (χ2v) is 6.40. The summed E-state index contributed by atoms with van der Waals surface area (Å²) >= 11 is 6.15. The van der Waals surface area contributed by atoms with Gasteiger partial charge in [-0.05, 0) is 44.0 Å². The summed E-state index contributed by atoms with van der Waals surface area (Å²) < 4.78 is 19.0. The summed E-state index contributed by atoms with van der Waals surface area (Å²) in [5.74, 6) is 0.422. The molecule has 0 radical (unpaired) electrons. The van der Waals surface area contributed by atoms with Crippen LogP contribution >= 0.6 is 24.0 Å². The molecule has 0 amide bonds. The van der Waals surface area contributed by atoms with Crippen LogP contribution in [-0.2, 0) is 4.74 Å². The fourth-order valence-corrected chi connectivity index (χ4v) is 3.55. The number of hydrogen-bond donors (Lipinski definition) is 1. The molecule has 1 aromatic carbocycles. The third-order valence-electron chi connectivity index (χ3n) is 4.38. The van der Waals surface area contributed by atoms with Crippen LogP contribution in [0.4, 0.5) is 4.39 Å². The Morgan fingerprint density at radius 3 is 3.00 bits per heavy atom. The highest BCUT2D eigenvalue weighted by molar-refractivity contribution is 6.31. The number of nitrogens with zero attached hydrogens (tertiary/aromatic N) is 1. The zero-order chi connectivity index (χ0) is 14.7. The van der Waals surface area contributed by atoms with Gasteiger partial charge >= 0.3 is 0 Å². The molecule has 2 unspecified atom stereocenters. The predicted octanol–water partition coefficient (Wildman–Crippen LogP) is 3.27. The van der Waals surface area contributed by atoms with Crippen molar-refractivity contribution in [2.75, 3.05) is 39.3 Å². The Kier molecular flexibility index (Phi) is 6.90. The van der Waals surface area contributed by atoms with E-state index >= 15 is 0 Å². The van der Waals surface area contributed by atoms with Gasteiger partial charge in [0, 0.05) is 30.2 Å². The summed E-state index contributed by atoms with van der Waals surface area (Å²) in [5, 5.41) is 3.92. The number of nitrogens with one attached hydrogen (secondary N) is 1. The standard InChI is InChI=1S/C16H22ClFN2O.ClH/c17-15-8-13(18)3-4-14(15)16-11-20(6-7-21-16)10-12-2-1-5-19-9-12;/h3-4,8,12,16,19H,1-2,5-7,9-11H2;1H. The maximum Gasteiger partial charge on any atom is 0.124 e. The van der Waals surface area contributed by atoms with Gasteiger partial charge in [-0.1, -0.05) is 17.7 Å². The fraction of sp³-hybridized carbons (Fsp3) is 0.625. The van der Waals surface area contributed by atoms with E-state index in [1.165, 1.54) is 25.0 Å². The zero-order valence-electron chi connectivity index (χ0n) is 12.6. The molecule has 3 rings (SSSR count). The third kappa shape index (κ3) is 4.56. The van der Waals surface area contributed by atoms with Crippen LogP contribution < -0.4 is 5.32 Å². The lowest BCUT2D eigenvalue weighted by Gasteiger charge is -2.36. The minimum atomic E-state index is -0.301. The van der Waals surface area contributed by atoms with E-state index in [4.69, 9.17) is 16.3 Å². The van der Waals surface area contributed by atoms with Crippen molar-refractivity contribution >= 4 is 24.0 Å². The summed E-state index contributed by atoms with van der Waals surface area (Å²) in [6, 6.07) is 4.56. The van der Waals surface area contributed by atoms with Crippen molar-refractivity contribution in [2.24, 2.45) is 5.92 Å². The second kappa shape index (κ2) is 8.46. The molecule has 3 nitrogen and oxygen atoms in total. The van der Waals surface area contributed by atoms with Crippen LogP contribution in [0.1, 0.15) is 24.5 Å². The van der Waals surface area contributed by atoms with E-state index in [-0.39, 0.29) is 24.3 Å². The van der Waals surface area contributed by atoms with Crippen LogP contribution in [0.25, 0.3) is 0 Å². The van der Waals surface area contributed by atoms with Crippen LogP contribution in [0.2, 0.25) is 5.02 Å². The fourth-order valence-electron chi connectivity index (χ4n) is 3.26. The molecule has 2 fully saturated rings. The Bertz CT molecular complexity index is 483. The summed E-state index contributed by atoms with van der Waals surface area (Å²) in [6.07, 6.45) is 2.51. The maximum absolute atomic E-state index is 13.2. The maximum atomic E-state index is 13.2. The lowest BCUT2D eigenvalue weighted by Crippen LogP contribution is -2.44. The van der Waals surface area contributed by atoms with Gasteiger partial charge in [0.15, 0.2) is 0 Å². The van der Waals surface area contributed by atoms with E-state index in [2.05, 4.69) is 10.2 Å². The molecular formula is C16H23Cl2FN2O. The minimum Gasteiger partial charge on any atom is -0.371 e. The minimum absolute atomic E-state index is 0. The number of halogens is 3. The predicted molar refractivity (Wildman–Crippen MR) is 89.4 cm³/mol. The Balaban J connectivity index is 0.00000176. The smallest absolute Gasteiger partial charge is 0.124 e. The first-order chi connectivity index (χ1) is 10.2. The van der Waals surface area contributed by atoms with Crippen molar-refractivity contribution in [3.05, 3.63) is 34.6 Å². The molecule has 2 atom stereocenters. The van der Waals surface area contributed by atoms with Crippen LogP contribution in [0.5, 0.6) is 0 Å². The molecule has 0 bridgehead atoms. The number of ether oxygens (including phenoxy) is 1. The van der Waals surface area contributed by atoms with Crippen molar-refractivity contribution < 1.29 is 9.13 Å². The van der Waals surface area contributed by atoms with Gasteiger partial charge in [-0.3, -0.25) is 4.90 Å². The topological polar surface area (TPSA) is 24.5 Å². The van der Waals surface area contributed by atoms with Gasteiger partial charge in [0.05, 0.1) is 12.7 Å². The van der Waals surface area contributed by atoms with Gasteiger partial charge in [-0.25, -0.2) is 4.39 Å². The Morgan fingerprint density at radius 2 is 2.27 bits per heavy atom. The molecule has 2 aliphatic rings. The molecule has 6 heteroatoms. The summed E-state index contributed by atoms with van der Waals surface area (Å²) in [5.41, 5.74) is 0.893. The first-order valence-electron chi connectivity index (χ1n) is 7.72. The van der Waals surface area contributed by atoms with Crippen LogP contribution in [0.15, 0.2) is 18.2 Å². The number of hydrogen-bond acceptors (Lipinski definition) is 3. The van der Waals surface area contributed by atoms with Gasteiger partial charge in [0.25, 0.3) is 0 Å². The Hall–Kier alpha value is -0.390. The molecule has 0 aliphatic carbocycles. The number of piperidine rings is 1. The molecule has 2 aliphatic heterocycles. The molecule has 22 heavy (non-hydrogen) atoms. The molecule has 2 heterocycles. The van der Waals surface area contributed by atoms with Crippen LogP contribution in [0.3, 0.4) is 0 Å². The second-order valence-electron chi connectivity index (χ2n) is 6.00. The summed E-state index contributed by atoms with van der Waals surface area (Å²) in [4.78, 5) is 2.45. The quantitative estimate of drug-likeness (QED) is 0.907. The van der Waals surface area contributed by atoms with Crippen molar-refractivity contribution in [3.63, 3.8) is 0 Å². The van der Waals surface area contributed by atoms with Crippen molar-refractivity contribution in [1.82, 2.24) is 10.2 Å². The molecule has 124 valence electrons. The molecular weight excluding hydrogens is 326 g/mol. The van der Waals surface area contributed by atoms with E-state index in [9.17, 15) is 4.39 Å². The highest BCUT2D eigenvalue weighted by atomic mass is 35.5. The molecule has 2 saturated heterocycles. The summed E-state index contributed by atoms with van der Waals surface area (Å²) in [6.45, 7) is 5.87. The van der Waals surface area contributed by atoms with E-state index in [1.54, 1.807) is 6.07 Å². The lowest BCUT2D eigenvalue weighted by atomic mass is 9.98. The van der Waals surface area contributed by atoms with Gasteiger partial charge in [0.2, 0.25) is 0 Å². The zero-order valence-corrected chi connectivity index (χ0v) is 14.1. The average molecular weight is 349 g/mol. The van der Waals surface area contributed by atoms with Gasteiger partial charge < -0.3 is 10.1 Å². The molecule has 1 N–H and O–H groups in total. The van der Waals surface area contributed by atoms with E-state index < -0.39 is 0 Å². The Morgan fingerprint density at radius 1 is 1.41 bits per heavy atom. The number of benzene rings is 1. The molecule has 0 saturated carbocycles. The monoisotopic (exact) mass is 348 g/mol. The van der Waals surface area contributed by atoms with Gasteiger partial charge in [-0.15, -0.1) is 12.4 Å². The lowest BCUT2D eigenvalue weighted by molar-refractivity contribution is -0.0353. The largest absolute Gasteiger partial charge is 0.371 e. The first kappa shape index (κ1) is 18.0. The number of morpholine rings is 1. The first-order valence-corrected chi connectivity index (χ1v) is 8.10. The van der Waals surface area contributed by atoms with Crippen LogP contribution in [-0.4, -0.2) is 44.2 Å². The Labute approximate surface area is 142 Å². The van der Waals surface area contributed by atoms with E-state index in [1.807, 2.05) is 0 Å². The highest BCUT2D eigenvalue weighted by Gasteiger charge is 2.26. The SMILES string of the molecule is Cl.Fc1ccc(C2CN(CC3CCCNC3)CCO2)c(Cl)c1. The van der Waals surface area contributed by atoms with Crippen molar-refractivity contribution in [2.45, 2.75) is 18.9 Å². The van der Waals surface area contributed by atoms with Gasteiger partial charge in [0.1, 0.15) is 5.82 Å². The van der Waals surface area contributed by atoms with E-state index in [0.717, 1.165) is 44.2 Å². The molecule has 0 spiro atoms. The van der Waals surface area contributed by atoms with Gasteiger partial charge in [-0.2, -0.15) is 0 Å². The summed E-state index contributed by atoms with van der Waals surface area (Å²) in [7, 11) is 0. The normalized spacial score (nSPS) is 26.5. The molecule has 1 aromatic rings. The van der Waals surface area contributed by atoms with Crippen LogP contribution in [0, 0.1) is 11.7 Å². The average Bonchev–Trinajstić information content (AvgIpc) is 2.48. The van der Waals surface area contributed by atoms with E-state index in [0.29, 0.717) is 11.6 Å². The van der Waals surface area contributed by atoms with Crippen molar-refractivity contribution in [3.8, 4) is 0 Å². The van der Waals surface area contributed by atoms with Crippen molar-refractivity contribution in [1.29, 1.82) is 0 Å². The number of rotatable bonds is 3. The third-order valence-corrected chi connectivity index (χ3v) is 4.70. The highest BCUT2D eigenvalue weighted by Crippen LogP contribution is 2.29.